The summed E-state index contributed by atoms with van der Waals surface area (Å²) in [7, 11) is 1.74. The first-order valence-corrected chi connectivity index (χ1v) is 4.38. The number of rotatable bonds is 2. The monoisotopic (exact) mass is 209 g/mol. The molecule has 0 saturated heterocycles. The lowest BCUT2D eigenvalue weighted by Gasteiger charge is -2.01. The molecule has 0 bridgehead atoms. The topological polar surface area (TPSA) is 29.9 Å². The van der Waals surface area contributed by atoms with E-state index in [-0.39, 0.29) is 0 Å². The molecule has 5 heteroatoms. The number of nitrogens with zero attached hydrogens (tertiary/aromatic N) is 2. The summed E-state index contributed by atoms with van der Waals surface area (Å²) in [6, 6.07) is 3.26. The number of hydrogen-bond acceptors (Lipinski definition) is 2. The average Bonchev–Trinajstić information content (AvgIpc) is 2.64. The maximum Gasteiger partial charge on any atom is 0.128 e. The van der Waals surface area contributed by atoms with Crippen molar-refractivity contribution in [3.05, 3.63) is 42.2 Å². The Morgan fingerprint density at radius 1 is 1.20 bits per heavy atom. The molecule has 78 valence electrons. The Balaban J connectivity index is 2.44. The molecular formula is C10H9F2N3. The average molecular weight is 209 g/mol. The van der Waals surface area contributed by atoms with Crippen LogP contribution in [-0.4, -0.2) is 16.8 Å². The molecular weight excluding hydrogens is 200 g/mol. The van der Waals surface area contributed by atoms with Crippen molar-refractivity contribution in [3.63, 3.8) is 0 Å². The maximum absolute atomic E-state index is 12.9. The summed E-state index contributed by atoms with van der Waals surface area (Å²) >= 11 is 0. The van der Waals surface area contributed by atoms with Crippen LogP contribution < -0.4 is 5.32 Å². The summed E-state index contributed by atoms with van der Waals surface area (Å²) < 4.78 is 27.2. The van der Waals surface area contributed by atoms with Crippen LogP contribution in [0, 0.1) is 11.6 Å². The highest BCUT2D eigenvalue weighted by molar-refractivity contribution is 5.41. The van der Waals surface area contributed by atoms with Gasteiger partial charge in [-0.25, -0.2) is 13.5 Å². The summed E-state index contributed by atoms with van der Waals surface area (Å²) in [5.74, 6) is -1.24. The summed E-state index contributed by atoms with van der Waals surface area (Å²) in [5, 5.41) is 6.84. The molecule has 0 radical (unpaired) electrons. The van der Waals surface area contributed by atoms with Crippen molar-refractivity contribution in [2.24, 2.45) is 0 Å². The Morgan fingerprint density at radius 2 is 1.87 bits per heavy atom. The van der Waals surface area contributed by atoms with E-state index < -0.39 is 11.6 Å². The molecule has 0 saturated carbocycles. The van der Waals surface area contributed by atoms with Crippen LogP contribution in [-0.2, 0) is 0 Å². The number of aromatic nitrogens is 2. The highest BCUT2D eigenvalue weighted by Crippen LogP contribution is 2.14. The minimum Gasteiger partial charge on any atom is -0.386 e. The highest BCUT2D eigenvalue weighted by Gasteiger charge is 2.03. The Morgan fingerprint density at radius 3 is 2.40 bits per heavy atom. The van der Waals surface area contributed by atoms with Gasteiger partial charge in [0, 0.05) is 13.1 Å². The first-order chi connectivity index (χ1) is 7.19. The van der Waals surface area contributed by atoms with Crippen molar-refractivity contribution in [2.75, 3.05) is 12.4 Å². The maximum atomic E-state index is 12.9. The van der Waals surface area contributed by atoms with Crippen molar-refractivity contribution in [3.8, 4) is 5.69 Å². The molecule has 0 spiro atoms. The van der Waals surface area contributed by atoms with Gasteiger partial charge in [-0.3, -0.25) is 0 Å². The van der Waals surface area contributed by atoms with Gasteiger partial charge < -0.3 is 5.32 Å². The van der Waals surface area contributed by atoms with E-state index >= 15 is 0 Å². The highest BCUT2D eigenvalue weighted by atomic mass is 19.1. The zero-order chi connectivity index (χ0) is 10.8. The van der Waals surface area contributed by atoms with E-state index in [1.807, 2.05) is 0 Å². The molecule has 1 aromatic heterocycles. The van der Waals surface area contributed by atoms with Crippen molar-refractivity contribution < 1.29 is 8.78 Å². The van der Waals surface area contributed by atoms with Crippen molar-refractivity contribution >= 4 is 5.69 Å². The van der Waals surface area contributed by atoms with Crippen LogP contribution in [0.2, 0.25) is 0 Å². The normalized spacial score (nSPS) is 10.3. The van der Waals surface area contributed by atoms with Crippen molar-refractivity contribution in [1.82, 2.24) is 9.78 Å². The first-order valence-electron chi connectivity index (χ1n) is 4.38. The lowest BCUT2D eigenvalue weighted by molar-refractivity contribution is 0.580. The van der Waals surface area contributed by atoms with Crippen molar-refractivity contribution in [2.45, 2.75) is 0 Å². The van der Waals surface area contributed by atoms with Gasteiger partial charge in [0.15, 0.2) is 0 Å². The van der Waals surface area contributed by atoms with E-state index in [0.29, 0.717) is 5.69 Å². The number of benzene rings is 1. The minimum atomic E-state index is -0.619. The summed E-state index contributed by atoms with van der Waals surface area (Å²) in [6.45, 7) is 0. The second-order valence-corrected chi connectivity index (χ2v) is 3.05. The molecule has 0 aliphatic heterocycles. The van der Waals surface area contributed by atoms with E-state index in [9.17, 15) is 8.78 Å². The Labute approximate surface area is 85.3 Å². The van der Waals surface area contributed by atoms with Gasteiger partial charge in [0.2, 0.25) is 0 Å². The third-order valence-electron chi connectivity index (χ3n) is 1.98. The minimum absolute atomic E-state index is 0.356. The molecule has 0 aliphatic carbocycles. The van der Waals surface area contributed by atoms with Gasteiger partial charge in [-0.1, -0.05) is 0 Å². The zero-order valence-corrected chi connectivity index (χ0v) is 8.04. The van der Waals surface area contributed by atoms with Gasteiger partial charge in [0.1, 0.15) is 11.6 Å². The number of hydrogen-bond donors (Lipinski definition) is 1. The van der Waals surface area contributed by atoms with E-state index in [1.54, 1.807) is 19.4 Å². The molecule has 0 aliphatic rings. The van der Waals surface area contributed by atoms with E-state index in [1.165, 1.54) is 16.8 Å². The SMILES string of the molecule is CNc1cnn(-c2cc(F)cc(F)c2)c1. The molecule has 3 nitrogen and oxygen atoms in total. The van der Waals surface area contributed by atoms with E-state index in [2.05, 4.69) is 10.4 Å². The van der Waals surface area contributed by atoms with Crippen LogP contribution >= 0.6 is 0 Å². The standard InChI is InChI=1S/C10H9F2N3/c1-13-9-5-14-15(6-9)10-3-7(11)2-8(12)4-10/h2-6,13H,1H3. The zero-order valence-electron chi connectivity index (χ0n) is 8.04. The molecule has 0 atom stereocenters. The van der Waals surface area contributed by atoms with Crippen LogP contribution in [0.3, 0.4) is 0 Å². The van der Waals surface area contributed by atoms with Gasteiger partial charge in [-0.15, -0.1) is 0 Å². The fourth-order valence-electron chi connectivity index (χ4n) is 1.26. The van der Waals surface area contributed by atoms with E-state index in [0.717, 1.165) is 11.8 Å². The van der Waals surface area contributed by atoms with Gasteiger partial charge in [0.05, 0.1) is 23.8 Å². The van der Waals surface area contributed by atoms with Crippen LogP contribution in [0.25, 0.3) is 5.69 Å². The largest absolute Gasteiger partial charge is 0.386 e. The van der Waals surface area contributed by atoms with Crippen LogP contribution in [0.5, 0.6) is 0 Å². The lowest BCUT2D eigenvalue weighted by atomic mass is 10.3. The summed E-state index contributed by atoms with van der Waals surface area (Å²) in [4.78, 5) is 0. The van der Waals surface area contributed by atoms with Crippen molar-refractivity contribution in [1.29, 1.82) is 0 Å². The Hall–Kier alpha value is -1.91. The second-order valence-electron chi connectivity index (χ2n) is 3.05. The van der Waals surface area contributed by atoms with Crippen LogP contribution in [0.4, 0.5) is 14.5 Å². The molecule has 0 unspecified atom stereocenters. The van der Waals surface area contributed by atoms with Gasteiger partial charge >= 0.3 is 0 Å². The third-order valence-corrected chi connectivity index (χ3v) is 1.98. The molecule has 0 amide bonds. The number of halogens is 2. The molecule has 15 heavy (non-hydrogen) atoms. The van der Waals surface area contributed by atoms with Crippen LogP contribution in [0.15, 0.2) is 30.6 Å². The fraction of sp³-hybridized carbons (Fsp3) is 0.100. The number of anilines is 1. The number of nitrogens with one attached hydrogen (secondary N) is 1. The molecule has 1 aromatic carbocycles. The fourth-order valence-corrected chi connectivity index (χ4v) is 1.26. The second kappa shape index (κ2) is 3.68. The van der Waals surface area contributed by atoms with Gasteiger partial charge in [0.25, 0.3) is 0 Å². The summed E-state index contributed by atoms with van der Waals surface area (Å²) in [5.41, 5.74) is 1.13. The lowest BCUT2D eigenvalue weighted by Crippen LogP contribution is -1.96. The Kier molecular flexibility index (Phi) is 2.37. The molecule has 0 fully saturated rings. The first kappa shape index (κ1) is 9.64. The Bertz CT molecular complexity index is 459. The predicted molar refractivity (Wildman–Crippen MR) is 53.0 cm³/mol. The molecule has 2 aromatic rings. The van der Waals surface area contributed by atoms with Crippen LogP contribution in [0.1, 0.15) is 0 Å². The quantitative estimate of drug-likeness (QED) is 0.821. The van der Waals surface area contributed by atoms with Gasteiger partial charge in [-0.2, -0.15) is 5.10 Å². The smallest absolute Gasteiger partial charge is 0.128 e. The molecule has 1 heterocycles. The van der Waals surface area contributed by atoms with E-state index in [4.69, 9.17) is 0 Å². The predicted octanol–water partition coefficient (Wildman–Crippen LogP) is 2.19. The molecule has 1 N–H and O–H groups in total. The van der Waals surface area contributed by atoms with Gasteiger partial charge in [-0.05, 0) is 12.1 Å². The summed E-state index contributed by atoms with van der Waals surface area (Å²) in [6.07, 6.45) is 3.22. The molecule has 2 rings (SSSR count). The third kappa shape index (κ3) is 1.96.